The first-order valence-corrected chi connectivity index (χ1v) is 12.5. The maximum Gasteiger partial charge on any atom is 0.329 e. The summed E-state index contributed by atoms with van der Waals surface area (Å²) in [6.07, 6.45) is 6.78. The number of benzene rings is 1. The zero-order valence-electron chi connectivity index (χ0n) is 18.3. The van der Waals surface area contributed by atoms with Gasteiger partial charge in [-0.05, 0) is 60.8 Å². The van der Waals surface area contributed by atoms with Crippen LogP contribution in [0.4, 0.5) is 5.69 Å². The van der Waals surface area contributed by atoms with Crippen molar-refractivity contribution in [2.75, 3.05) is 25.1 Å². The molecule has 0 radical (unpaired) electrons. The number of aliphatic imine (C=N–C) groups is 1. The van der Waals surface area contributed by atoms with Gasteiger partial charge in [0.2, 0.25) is 5.90 Å². The molecular weight excluding hydrogens is 446 g/mol. The molecule has 1 heterocycles. The van der Waals surface area contributed by atoms with Crippen molar-refractivity contribution in [3.63, 3.8) is 0 Å². The van der Waals surface area contributed by atoms with E-state index < -0.39 is 28.6 Å². The normalized spacial score (nSPS) is 21.3. The molecule has 2 atom stereocenters. The molecule has 1 aliphatic heterocycles. The largest absolute Gasteiger partial charge is 0.480 e. The van der Waals surface area contributed by atoms with Gasteiger partial charge in [-0.1, -0.05) is 12.6 Å². The molecule has 2 unspecified atom stereocenters. The van der Waals surface area contributed by atoms with Crippen molar-refractivity contribution in [1.29, 1.82) is 4.78 Å². The van der Waals surface area contributed by atoms with Crippen molar-refractivity contribution in [1.82, 2.24) is 4.72 Å². The number of nitrogens with one attached hydrogen (secondary N) is 3. The van der Waals surface area contributed by atoms with Crippen LogP contribution in [-0.2, 0) is 49.9 Å². The zero-order chi connectivity index (χ0) is 23.6. The fraction of sp³-hybridized carbons (Fsp3) is 0.455. The topological polar surface area (TPSA) is 159 Å². The monoisotopic (exact) mass is 475 g/mol. The maximum absolute atomic E-state index is 13.2. The first-order chi connectivity index (χ1) is 15.8. The number of ether oxygens (including phenoxy) is 2. The number of anilines is 1. The number of aliphatic carboxylic acids is 1. The Morgan fingerprint density at radius 2 is 2.00 bits per heavy atom. The van der Waals surface area contributed by atoms with Crippen LogP contribution in [-0.4, -0.2) is 47.0 Å². The van der Waals surface area contributed by atoms with E-state index in [1.54, 1.807) is 0 Å². The quantitative estimate of drug-likeness (QED) is 0.364. The molecule has 0 fully saturated rings. The Morgan fingerprint density at radius 3 is 2.55 bits per heavy atom. The molecule has 11 heteroatoms. The van der Waals surface area contributed by atoms with Crippen LogP contribution >= 0.6 is 0 Å². The number of nitrogens with zero attached hydrogens (tertiary/aromatic N) is 1. The lowest BCUT2D eigenvalue weighted by Crippen LogP contribution is -2.36. The summed E-state index contributed by atoms with van der Waals surface area (Å²) in [5, 5.41) is 12.0. The molecule has 4 rings (SSSR count). The van der Waals surface area contributed by atoms with E-state index in [0.717, 1.165) is 50.4 Å². The molecule has 178 valence electrons. The summed E-state index contributed by atoms with van der Waals surface area (Å²) >= 11 is 0. The lowest BCUT2D eigenvalue weighted by atomic mass is 9.99. The number of rotatable bonds is 9. The van der Waals surface area contributed by atoms with Gasteiger partial charge in [-0.25, -0.2) is 18.8 Å². The number of carbonyl (C=O) groups is 1. The highest BCUT2D eigenvalue weighted by molar-refractivity contribution is 7.95. The molecule has 0 amide bonds. The van der Waals surface area contributed by atoms with E-state index in [4.69, 9.17) is 25.1 Å². The van der Waals surface area contributed by atoms with Crippen LogP contribution in [0.2, 0.25) is 0 Å². The van der Waals surface area contributed by atoms with Crippen LogP contribution in [0.15, 0.2) is 34.6 Å². The molecule has 10 nitrogen and oxygen atoms in total. The van der Waals surface area contributed by atoms with Gasteiger partial charge in [0, 0.05) is 11.9 Å². The third-order valence-corrected chi connectivity index (χ3v) is 7.44. The van der Waals surface area contributed by atoms with E-state index in [1.165, 1.54) is 22.3 Å². The number of carboxylic acid groups (broad SMARTS) is 1. The third kappa shape index (κ3) is 4.98. The molecule has 3 aliphatic rings. The highest BCUT2D eigenvalue weighted by Crippen LogP contribution is 2.39. The molecular formula is C22H29N5O5S. The first-order valence-electron chi connectivity index (χ1n) is 10.9. The highest BCUT2D eigenvalue weighted by Gasteiger charge is 2.28. The summed E-state index contributed by atoms with van der Waals surface area (Å²) in [5.74, 6) is -0.885. The zero-order valence-corrected chi connectivity index (χ0v) is 19.1. The fourth-order valence-electron chi connectivity index (χ4n) is 4.56. The molecule has 0 saturated carbocycles. The van der Waals surface area contributed by atoms with Crippen molar-refractivity contribution >= 4 is 27.5 Å². The van der Waals surface area contributed by atoms with Crippen molar-refractivity contribution in [2.45, 2.75) is 44.6 Å². The van der Waals surface area contributed by atoms with Crippen LogP contribution in [0.25, 0.3) is 0 Å². The average molecular weight is 476 g/mol. The Morgan fingerprint density at radius 1 is 1.33 bits per heavy atom. The Kier molecular flexibility index (Phi) is 6.61. The smallest absolute Gasteiger partial charge is 0.329 e. The number of aryl methyl sites for hydroxylation is 2. The lowest BCUT2D eigenvalue weighted by Gasteiger charge is -2.24. The number of hydrogen-bond donors (Lipinski definition) is 5. The van der Waals surface area contributed by atoms with Crippen molar-refractivity contribution in [2.24, 2.45) is 10.7 Å². The minimum atomic E-state index is -3.63. The molecule has 0 bridgehead atoms. The summed E-state index contributed by atoms with van der Waals surface area (Å²) in [7, 11) is -3.63. The van der Waals surface area contributed by atoms with Gasteiger partial charge in [-0.15, -0.1) is 0 Å². The molecule has 6 N–H and O–H groups in total. The fourth-order valence-corrected chi connectivity index (χ4v) is 5.63. The van der Waals surface area contributed by atoms with Gasteiger partial charge in [0.05, 0.1) is 6.54 Å². The highest BCUT2D eigenvalue weighted by atomic mass is 32.2. The van der Waals surface area contributed by atoms with Crippen LogP contribution in [0.3, 0.4) is 0 Å². The van der Waals surface area contributed by atoms with Crippen LogP contribution in [0.1, 0.15) is 35.1 Å². The first kappa shape index (κ1) is 23.1. The summed E-state index contributed by atoms with van der Waals surface area (Å²) in [6.45, 7) is 3.61. The number of fused-ring (bicyclic) bond motifs is 2. The standard InChI is InChI=1S/C22H29N5O5S/c1-13(26-21-17-6-2-4-14(17)8-15-5-3-7-18(15)21)27-33(24,30)19(9-23)22-25-10-16(11-32-22)31-12-20(28)29/h8-9,16,26H,1-7,10-12,23H2,(H,28,29)(H2,24,27,30). The van der Waals surface area contributed by atoms with Crippen LogP contribution < -0.4 is 15.8 Å². The Bertz CT molecular complexity index is 1110. The summed E-state index contributed by atoms with van der Waals surface area (Å²) < 4.78 is 34.9. The molecule has 0 spiro atoms. The molecule has 1 aromatic rings. The second-order valence-corrected chi connectivity index (χ2v) is 10.1. The van der Waals surface area contributed by atoms with Gasteiger partial charge in [-0.2, -0.15) is 0 Å². The number of nitrogens with two attached hydrogens (primary N) is 1. The van der Waals surface area contributed by atoms with Crippen molar-refractivity contribution in [3.8, 4) is 0 Å². The van der Waals surface area contributed by atoms with E-state index in [-0.39, 0.29) is 29.8 Å². The van der Waals surface area contributed by atoms with Crippen LogP contribution in [0.5, 0.6) is 0 Å². The average Bonchev–Trinajstić information content (AvgIpc) is 3.42. The second kappa shape index (κ2) is 9.44. The Hall–Kier alpha value is -3.05. The number of carboxylic acids is 1. The minimum absolute atomic E-state index is 0.0143. The molecule has 1 aromatic carbocycles. The SMILES string of the molecule is C=C(Nc1c2c(cc3c1CCC3)CCC2)NS(=N)(=O)C(=CN)C1=NCC(OCC(=O)O)CO1. The predicted octanol–water partition coefficient (Wildman–Crippen LogP) is 1.80. The van der Waals surface area contributed by atoms with Gasteiger partial charge in [0.1, 0.15) is 30.0 Å². The summed E-state index contributed by atoms with van der Waals surface area (Å²) in [5.41, 5.74) is 12.0. The van der Waals surface area contributed by atoms with Crippen LogP contribution in [0, 0.1) is 4.78 Å². The van der Waals surface area contributed by atoms with E-state index >= 15 is 0 Å². The summed E-state index contributed by atoms with van der Waals surface area (Å²) in [4.78, 5) is 14.7. The van der Waals surface area contributed by atoms with E-state index in [1.807, 2.05) is 0 Å². The van der Waals surface area contributed by atoms with Gasteiger partial charge in [0.15, 0.2) is 9.92 Å². The Balaban J connectivity index is 1.46. The molecule has 0 saturated heterocycles. The van der Waals surface area contributed by atoms with E-state index in [0.29, 0.717) is 0 Å². The maximum atomic E-state index is 13.2. The van der Waals surface area contributed by atoms with Gasteiger partial charge in [0.25, 0.3) is 0 Å². The van der Waals surface area contributed by atoms with Crippen molar-refractivity contribution in [3.05, 3.63) is 51.8 Å². The van der Waals surface area contributed by atoms with E-state index in [9.17, 15) is 9.00 Å². The van der Waals surface area contributed by atoms with Gasteiger partial charge >= 0.3 is 5.97 Å². The molecule has 33 heavy (non-hydrogen) atoms. The summed E-state index contributed by atoms with van der Waals surface area (Å²) in [6, 6.07) is 2.32. The van der Waals surface area contributed by atoms with E-state index in [2.05, 4.69) is 27.7 Å². The Labute approximate surface area is 193 Å². The van der Waals surface area contributed by atoms with Gasteiger partial charge < -0.3 is 25.6 Å². The molecule has 0 aromatic heterocycles. The third-order valence-electron chi connectivity index (χ3n) is 5.97. The van der Waals surface area contributed by atoms with Gasteiger partial charge in [-0.3, -0.25) is 4.72 Å². The second-order valence-electron chi connectivity index (χ2n) is 8.31. The molecule has 2 aliphatic carbocycles. The number of hydrogen-bond acceptors (Lipinski definition) is 8. The minimum Gasteiger partial charge on any atom is -0.480 e. The predicted molar refractivity (Wildman–Crippen MR) is 125 cm³/mol. The van der Waals surface area contributed by atoms with Crippen molar-refractivity contribution < 1.29 is 23.6 Å². The lowest BCUT2D eigenvalue weighted by molar-refractivity contribution is -0.144.